The van der Waals surface area contributed by atoms with Crippen LogP contribution in [0.15, 0.2) is 30.3 Å². The lowest BCUT2D eigenvalue weighted by atomic mass is 10.2. The molecule has 0 saturated heterocycles. The van der Waals surface area contributed by atoms with Gasteiger partial charge in [0.25, 0.3) is 0 Å². The molecule has 0 fully saturated rings. The predicted octanol–water partition coefficient (Wildman–Crippen LogP) is 3.72. The van der Waals surface area contributed by atoms with Gasteiger partial charge in [-0.3, -0.25) is 0 Å². The van der Waals surface area contributed by atoms with Crippen molar-refractivity contribution in [3.8, 4) is 5.88 Å². The summed E-state index contributed by atoms with van der Waals surface area (Å²) in [6, 6.07) is 8.41. The number of halogens is 1. The highest BCUT2D eigenvalue weighted by atomic mass is 19.1. The quantitative estimate of drug-likeness (QED) is 0.789. The molecule has 5 heteroatoms. The summed E-state index contributed by atoms with van der Waals surface area (Å²) in [7, 11) is 0. The third kappa shape index (κ3) is 4.70. The van der Waals surface area contributed by atoms with E-state index in [9.17, 15) is 4.39 Å². The van der Waals surface area contributed by atoms with Gasteiger partial charge in [-0.2, -0.15) is 4.98 Å². The van der Waals surface area contributed by atoms with Gasteiger partial charge in [0.15, 0.2) is 0 Å². The number of hydrogen-bond donors (Lipinski definition) is 1. The fraction of sp³-hybridized carbons (Fsp3) is 0.375. The first-order valence-electron chi connectivity index (χ1n) is 7.15. The Morgan fingerprint density at radius 3 is 2.81 bits per heavy atom. The Bertz CT molecular complexity index is 589. The van der Waals surface area contributed by atoms with Crippen LogP contribution in [0.5, 0.6) is 5.88 Å². The van der Waals surface area contributed by atoms with Gasteiger partial charge in [0.2, 0.25) is 5.88 Å². The summed E-state index contributed by atoms with van der Waals surface area (Å²) in [5, 5.41) is 3.10. The molecular weight excluding hydrogens is 269 g/mol. The van der Waals surface area contributed by atoms with E-state index < -0.39 is 0 Å². The van der Waals surface area contributed by atoms with E-state index in [0.29, 0.717) is 36.2 Å². The van der Waals surface area contributed by atoms with E-state index in [0.717, 1.165) is 12.8 Å². The van der Waals surface area contributed by atoms with Gasteiger partial charge in [-0.25, -0.2) is 9.37 Å². The Kier molecular flexibility index (Phi) is 5.49. The summed E-state index contributed by atoms with van der Waals surface area (Å²) < 4.78 is 19.1. The number of rotatable bonds is 7. The SMILES string of the molecule is CCCCOc1cc(NCc2ccccc2F)nc(C)n1. The average Bonchev–Trinajstić information content (AvgIpc) is 2.46. The minimum absolute atomic E-state index is 0.227. The van der Waals surface area contributed by atoms with Crippen molar-refractivity contribution in [2.75, 3.05) is 11.9 Å². The molecule has 0 bridgehead atoms. The Morgan fingerprint density at radius 2 is 2.05 bits per heavy atom. The number of ether oxygens (including phenoxy) is 1. The van der Waals surface area contributed by atoms with Crippen LogP contribution in [-0.2, 0) is 6.54 Å². The van der Waals surface area contributed by atoms with Crippen molar-refractivity contribution >= 4 is 5.82 Å². The molecule has 0 radical (unpaired) electrons. The molecule has 0 unspecified atom stereocenters. The smallest absolute Gasteiger partial charge is 0.218 e. The van der Waals surface area contributed by atoms with Gasteiger partial charge in [-0.15, -0.1) is 0 Å². The lowest BCUT2D eigenvalue weighted by Gasteiger charge is -2.10. The zero-order valence-electron chi connectivity index (χ0n) is 12.4. The van der Waals surface area contributed by atoms with Crippen molar-refractivity contribution in [3.05, 3.63) is 47.5 Å². The molecule has 2 aromatic rings. The van der Waals surface area contributed by atoms with Crippen LogP contribution in [0.25, 0.3) is 0 Å². The number of anilines is 1. The second-order valence-electron chi connectivity index (χ2n) is 4.79. The Hall–Kier alpha value is -2.17. The van der Waals surface area contributed by atoms with E-state index >= 15 is 0 Å². The van der Waals surface area contributed by atoms with E-state index in [4.69, 9.17) is 4.74 Å². The van der Waals surface area contributed by atoms with Gasteiger partial charge in [0, 0.05) is 18.2 Å². The van der Waals surface area contributed by atoms with Gasteiger partial charge in [0.1, 0.15) is 17.5 Å². The van der Waals surface area contributed by atoms with E-state index in [1.807, 2.05) is 6.07 Å². The third-order valence-electron chi connectivity index (χ3n) is 2.98. The molecular formula is C16H20FN3O. The summed E-state index contributed by atoms with van der Waals surface area (Å²) in [5.41, 5.74) is 0.599. The second kappa shape index (κ2) is 7.57. The summed E-state index contributed by atoms with van der Waals surface area (Å²) in [6.45, 7) is 4.92. The number of aromatic nitrogens is 2. The maximum atomic E-state index is 13.6. The van der Waals surface area contributed by atoms with Crippen molar-refractivity contribution in [3.63, 3.8) is 0 Å². The molecule has 21 heavy (non-hydrogen) atoms. The van der Waals surface area contributed by atoms with Crippen LogP contribution in [0.4, 0.5) is 10.2 Å². The zero-order valence-corrected chi connectivity index (χ0v) is 12.4. The first kappa shape index (κ1) is 15.2. The molecule has 0 aliphatic heterocycles. The molecule has 1 heterocycles. The normalized spacial score (nSPS) is 10.4. The molecule has 112 valence electrons. The zero-order chi connectivity index (χ0) is 15.1. The number of hydrogen-bond acceptors (Lipinski definition) is 4. The Balaban J connectivity index is 2.01. The summed E-state index contributed by atoms with van der Waals surface area (Å²) in [6.07, 6.45) is 2.06. The number of nitrogens with one attached hydrogen (secondary N) is 1. The van der Waals surface area contributed by atoms with Crippen molar-refractivity contribution in [2.45, 2.75) is 33.2 Å². The highest BCUT2D eigenvalue weighted by Gasteiger charge is 2.05. The lowest BCUT2D eigenvalue weighted by Crippen LogP contribution is -2.06. The van der Waals surface area contributed by atoms with Crippen molar-refractivity contribution in [1.29, 1.82) is 0 Å². The average molecular weight is 289 g/mol. The van der Waals surface area contributed by atoms with Crippen LogP contribution in [-0.4, -0.2) is 16.6 Å². The standard InChI is InChI=1S/C16H20FN3O/c1-3-4-9-21-16-10-15(19-12(2)20-16)18-11-13-7-5-6-8-14(13)17/h5-8,10H,3-4,9,11H2,1-2H3,(H,18,19,20). The van der Waals surface area contributed by atoms with Crippen LogP contribution >= 0.6 is 0 Å². The maximum Gasteiger partial charge on any atom is 0.218 e. The van der Waals surface area contributed by atoms with Crippen molar-refractivity contribution < 1.29 is 9.13 Å². The van der Waals surface area contributed by atoms with Gasteiger partial charge in [0.05, 0.1) is 6.61 Å². The topological polar surface area (TPSA) is 47.0 Å². The first-order valence-corrected chi connectivity index (χ1v) is 7.15. The number of nitrogens with zero attached hydrogens (tertiary/aromatic N) is 2. The molecule has 1 N–H and O–H groups in total. The van der Waals surface area contributed by atoms with Gasteiger partial charge in [-0.05, 0) is 19.4 Å². The van der Waals surface area contributed by atoms with Gasteiger partial charge >= 0.3 is 0 Å². The highest BCUT2D eigenvalue weighted by molar-refractivity contribution is 5.39. The first-order chi connectivity index (χ1) is 10.2. The maximum absolute atomic E-state index is 13.6. The molecule has 2 rings (SSSR count). The molecule has 0 aliphatic rings. The van der Waals surface area contributed by atoms with Crippen LogP contribution in [0.1, 0.15) is 31.2 Å². The fourth-order valence-electron chi connectivity index (χ4n) is 1.85. The van der Waals surface area contributed by atoms with E-state index in [1.165, 1.54) is 6.07 Å². The van der Waals surface area contributed by atoms with Crippen LogP contribution in [0.2, 0.25) is 0 Å². The Labute approximate surface area is 124 Å². The van der Waals surface area contributed by atoms with Crippen molar-refractivity contribution in [2.24, 2.45) is 0 Å². The summed E-state index contributed by atoms with van der Waals surface area (Å²) in [4.78, 5) is 8.51. The van der Waals surface area contributed by atoms with E-state index in [-0.39, 0.29) is 5.82 Å². The van der Waals surface area contributed by atoms with Crippen LogP contribution in [0, 0.1) is 12.7 Å². The number of aryl methyl sites for hydroxylation is 1. The largest absolute Gasteiger partial charge is 0.478 e. The van der Waals surface area contributed by atoms with Crippen LogP contribution in [0.3, 0.4) is 0 Å². The minimum Gasteiger partial charge on any atom is -0.478 e. The lowest BCUT2D eigenvalue weighted by molar-refractivity contribution is 0.296. The molecule has 1 aromatic heterocycles. The monoisotopic (exact) mass is 289 g/mol. The highest BCUT2D eigenvalue weighted by Crippen LogP contribution is 2.15. The Morgan fingerprint density at radius 1 is 1.24 bits per heavy atom. The molecule has 0 amide bonds. The van der Waals surface area contributed by atoms with E-state index in [2.05, 4.69) is 22.2 Å². The molecule has 0 saturated carbocycles. The van der Waals surface area contributed by atoms with Crippen LogP contribution < -0.4 is 10.1 Å². The minimum atomic E-state index is -0.227. The number of unbranched alkanes of at least 4 members (excludes halogenated alkanes) is 1. The molecule has 0 aliphatic carbocycles. The molecule has 0 spiro atoms. The molecule has 0 atom stereocenters. The second-order valence-corrected chi connectivity index (χ2v) is 4.79. The fourth-order valence-corrected chi connectivity index (χ4v) is 1.85. The van der Waals surface area contributed by atoms with Crippen molar-refractivity contribution in [1.82, 2.24) is 9.97 Å². The molecule has 4 nitrogen and oxygen atoms in total. The molecule has 1 aromatic carbocycles. The van der Waals surface area contributed by atoms with E-state index in [1.54, 1.807) is 25.1 Å². The summed E-state index contributed by atoms with van der Waals surface area (Å²) in [5.74, 6) is 1.58. The predicted molar refractivity (Wildman–Crippen MR) is 80.9 cm³/mol. The summed E-state index contributed by atoms with van der Waals surface area (Å²) >= 11 is 0. The third-order valence-corrected chi connectivity index (χ3v) is 2.98. The number of benzene rings is 1. The van der Waals surface area contributed by atoms with Gasteiger partial charge in [-0.1, -0.05) is 31.5 Å². The van der Waals surface area contributed by atoms with Gasteiger partial charge < -0.3 is 10.1 Å².